The van der Waals surface area contributed by atoms with Crippen LogP contribution in [0.1, 0.15) is 36.3 Å². The first-order chi connectivity index (χ1) is 7.52. The van der Waals surface area contributed by atoms with Crippen LogP contribution in [0.4, 0.5) is 0 Å². The predicted molar refractivity (Wildman–Crippen MR) is 61.4 cm³/mol. The molecule has 0 radical (unpaired) electrons. The van der Waals surface area contributed by atoms with Crippen molar-refractivity contribution < 1.29 is 9.90 Å². The average molecular weight is 225 g/mol. The van der Waals surface area contributed by atoms with E-state index in [1.165, 1.54) is 0 Å². The SMILES string of the molecule is CCC(C(=O)O)n1nc(C)c(CNC)c1C. The summed E-state index contributed by atoms with van der Waals surface area (Å²) in [6.07, 6.45) is 0.538. The lowest BCUT2D eigenvalue weighted by molar-refractivity contribution is -0.141. The molecule has 1 rings (SSSR count). The minimum absolute atomic E-state index is 0.538. The number of carbonyl (C=O) groups is 1. The maximum Gasteiger partial charge on any atom is 0.328 e. The molecule has 0 bridgehead atoms. The van der Waals surface area contributed by atoms with Crippen LogP contribution in [0.15, 0.2) is 0 Å². The number of hydrogen-bond donors (Lipinski definition) is 2. The molecule has 0 aliphatic rings. The molecule has 1 heterocycles. The normalized spacial score (nSPS) is 12.8. The van der Waals surface area contributed by atoms with Gasteiger partial charge < -0.3 is 10.4 Å². The van der Waals surface area contributed by atoms with Crippen LogP contribution in [-0.2, 0) is 11.3 Å². The summed E-state index contributed by atoms with van der Waals surface area (Å²) in [5.74, 6) is -0.830. The zero-order valence-corrected chi connectivity index (χ0v) is 10.2. The number of carboxylic acids is 1. The van der Waals surface area contributed by atoms with Crippen molar-refractivity contribution in [2.75, 3.05) is 7.05 Å². The van der Waals surface area contributed by atoms with Gasteiger partial charge in [-0.3, -0.25) is 4.68 Å². The first-order valence-corrected chi connectivity index (χ1v) is 5.44. The molecule has 1 atom stereocenters. The van der Waals surface area contributed by atoms with E-state index in [0.29, 0.717) is 13.0 Å². The molecular formula is C11H19N3O2. The molecule has 1 unspecified atom stereocenters. The summed E-state index contributed by atoms with van der Waals surface area (Å²) in [7, 11) is 1.87. The Morgan fingerprint density at radius 2 is 2.19 bits per heavy atom. The van der Waals surface area contributed by atoms with Crippen molar-refractivity contribution in [3.05, 3.63) is 17.0 Å². The molecule has 1 aromatic rings. The molecule has 2 N–H and O–H groups in total. The topological polar surface area (TPSA) is 67.1 Å². The Morgan fingerprint density at radius 3 is 2.62 bits per heavy atom. The van der Waals surface area contributed by atoms with E-state index < -0.39 is 12.0 Å². The molecule has 0 aliphatic heterocycles. The number of aryl methyl sites for hydroxylation is 1. The van der Waals surface area contributed by atoms with Gasteiger partial charge in [-0.2, -0.15) is 5.10 Å². The Bertz CT molecular complexity index is 385. The number of hydrogen-bond acceptors (Lipinski definition) is 3. The Hall–Kier alpha value is -1.36. The number of nitrogens with zero attached hydrogens (tertiary/aromatic N) is 2. The molecule has 0 spiro atoms. The second kappa shape index (κ2) is 5.12. The van der Waals surface area contributed by atoms with E-state index >= 15 is 0 Å². The third kappa shape index (κ3) is 2.24. The molecule has 5 nitrogen and oxygen atoms in total. The van der Waals surface area contributed by atoms with Crippen molar-refractivity contribution >= 4 is 5.97 Å². The summed E-state index contributed by atoms with van der Waals surface area (Å²) >= 11 is 0. The highest BCUT2D eigenvalue weighted by Crippen LogP contribution is 2.19. The lowest BCUT2D eigenvalue weighted by Crippen LogP contribution is -2.20. The Kier molecular flexibility index (Phi) is 4.06. The van der Waals surface area contributed by atoms with Crippen molar-refractivity contribution in [1.82, 2.24) is 15.1 Å². The highest BCUT2D eigenvalue weighted by molar-refractivity contribution is 5.71. The first kappa shape index (κ1) is 12.7. The molecule has 0 aromatic carbocycles. The fraction of sp³-hybridized carbons (Fsp3) is 0.636. The summed E-state index contributed by atoms with van der Waals surface area (Å²) in [5, 5.41) is 16.5. The van der Waals surface area contributed by atoms with Gasteiger partial charge in [0.1, 0.15) is 6.04 Å². The van der Waals surface area contributed by atoms with Crippen molar-refractivity contribution in [3.63, 3.8) is 0 Å². The second-order valence-corrected chi connectivity index (χ2v) is 3.89. The van der Waals surface area contributed by atoms with Gasteiger partial charge in [-0.15, -0.1) is 0 Å². The van der Waals surface area contributed by atoms with Gasteiger partial charge in [0.2, 0.25) is 0 Å². The quantitative estimate of drug-likeness (QED) is 0.791. The summed E-state index contributed by atoms with van der Waals surface area (Å²) in [4.78, 5) is 11.1. The van der Waals surface area contributed by atoms with E-state index in [4.69, 9.17) is 5.11 Å². The van der Waals surface area contributed by atoms with Crippen LogP contribution >= 0.6 is 0 Å². The van der Waals surface area contributed by atoms with Gasteiger partial charge in [-0.25, -0.2) is 4.79 Å². The van der Waals surface area contributed by atoms with E-state index in [9.17, 15) is 4.79 Å². The molecule has 1 aromatic heterocycles. The number of nitrogens with one attached hydrogen (secondary N) is 1. The lowest BCUT2D eigenvalue weighted by Gasteiger charge is -2.12. The van der Waals surface area contributed by atoms with Crippen molar-refractivity contribution in [1.29, 1.82) is 0 Å². The molecule has 0 saturated carbocycles. The summed E-state index contributed by atoms with van der Waals surface area (Å²) in [6.45, 7) is 6.39. The van der Waals surface area contributed by atoms with Crippen LogP contribution < -0.4 is 5.32 Å². The van der Waals surface area contributed by atoms with Gasteiger partial charge in [0.25, 0.3) is 0 Å². The standard InChI is InChI=1S/C11H19N3O2/c1-5-10(11(15)16)14-8(3)9(6-12-4)7(2)13-14/h10,12H,5-6H2,1-4H3,(H,15,16). The van der Waals surface area contributed by atoms with Crippen molar-refractivity contribution in [2.24, 2.45) is 0 Å². The Labute approximate surface area is 95.5 Å². The molecule has 0 saturated heterocycles. The maximum absolute atomic E-state index is 11.1. The lowest BCUT2D eigenvalue weighted by atomic mass is 10.2. The highest BCUT2D eigenvalue weighted by Gasteiger charge is 2.22. The minimum atomic E-state index is -0.830. The van der Waals surface area contributed by atoms with E-state index in [-0.39, 0.29) is 0 Å². The maximum atomic E-state index is 11.1. The minimum Gasteiger partial charge on any atom is -0.480 e. The zero-order valence-electron chi connectivity index (χ0n) is 10.2. The van der Waals surface area contributed by atoms with Crippen LogP contribution in [0.2, 0.25) is 0 Å². The summed E-state index contributed by atoms with van der Waals surface area (Å²) < 4.78 is 1.62. The van der Waals surface area contributed by atoms with Crippen LogP contribution in [0.5, 0.6) is 0 Å². The second-order valence-electron chi connectivity index (χ2n) is 3.89. The van der Waals surface area contributed by atoms with E-state index in [1.54, 1.807) is 4.68 Å². The molecule has 0 amide bonds. The Morgan fingerprint density at radius 1 is 1.56 bits per heavy atom. The molecule has 90 valence electrons. The fourth-order valence-electron chi connectivity index (χ4n) is 1.89. The van der Waals surface area contributed by atoms with Crippen LogP contribution in [0, 0.1) is 13.8 Å². The number of carboxylic acid groups (broad SMARTS) is 1. The van der Waals surface area contributed by atoms with Gasteiger partial charge >= 0.3 is 5.97 Å². The van der Waals surface area contributed by atoms with Gasteiger partial charge in [-0.05, 0) is 27.3 Å². The van der Waals surface area contributed by atoms with Gasteiger partial charge in [0.15, 0.2) is 0 Å². The van der Waals surface area contributed by atoms with Crippen molar-refractivity contribution in [3.8, 4) is 0 Å². The summed E-state index contributed by atoms with van der Waals surface area (Å²) in [5.41, 5.74) is 2.91. The molecule has 0 aliphatic carbocycles. The van der Waals surface area contributed by atoms with Gasteiger partial charge in [0.05, 0.1) is 5.69 Å². The van der Waals surface area contributed by atoms with Crippen LogP contribution in [0.3, 0.4) is 0 Å². The van der Waals surface area contributed by atoms with Crippen molar-refractivity contribution in [2.45, 2.75) is 39.8 Å². The van der Waals surface area contributed by atoms with Crippen LogP contribution in [-0.4, -0.2) is 27.9 Å². The average Bonchev–Trinajstić information content (AvgIpc) is 2.47. The highest BCUT2D eigenvalue weighted by atomic mass is 16.4. The molecule has 0 fully saturated rings. The zero-order chi connectivity index (χ0) is 12.3. The summed E-state index contributed by atoms with van der Waals surface area (Å²) in [6, 6.07) is -0.565. The predicted octanol–water partition coefficient (Wildman–Crippen LogP) is 1.26. The fourth-order valence-corrected chi connectivity index (χ4v) is 1.89. The first-order valence-electron chi connectivity index (χ1n) is 5.44. The third-order valence-corrected chi connectivity index (χ3v) is 2.80. The van der Waals surface area contributed by atoms with Gasteiger partial charge in [0, 0.05) is 17.8 Å². The third-order valence-electron chi connectivity index (χ3n) is 2.80. The smallest absolute Gasteiger partial charge is 0.328 e. The van der Waals surface area contributed by atoms with E-state index in [0.717, 1.165) is 17.0 Å². The number of aromatic nitrogens is 2. The van der Waals surface area contributed by atoms with Crippen LogP contribution in [0.25, 0.3) is 0 Å². The monoisotopic (exact) mass is 225 g/mol. The number of rotatable bonds is 5. The molecule has 16 heavy (non-hydrogen) atoms. The van der Waals surface area contributed by atoms with E-state index in [1.807, 2.05) is 27.8 Å². The molecule has 5 heteroatoms. The molecular weight excluding hydrogens is 206 g/mol. The Balaban J connectivity index is 3.14. The van der Waals surface area contributed by atoms with Gasteiger partial charge in [-0.1, -0.05) is 6.92 Å². The van der Waals surface area contributed by atoms with E-state index in [2.05, 4.69) is 10.4 Å². The largest absolute Gasteiger partial charge is 0.480 e. The number of aliphatic carboxylic acids is 1.